The van der Waals surface area contributed by atoms with Crippen molar-refractivity contribution in [2.75, 3.05) is 10.3 Å². The number of nitrogens with one attached hydrogen (secondary N) is 1. The summed E-state index contributed by atoms with van der Waals surface area (Å²) < 4.78 is 54.9. The van der Waals surface area contributed by atoms with E-state index >= 15 is 0 Å². The van der Waals surface area contributed by atoms with Crippen LogP contribution < -0.4 is 16.1 Å². The Morgan fingerprint density at radius 3 is 2.14 bits per heavy atom. The highest BCUT2D eigenvalue weighted by Crippen LogP contribution is 2.30. The third-order valence-electron chi connectivity index (χ3n) is 4.02. The summed E-state index contributed by atoms with van der Waals surface area (Å²) in [6.07, 6.45) is -0.536. The molecule has 3 amide bonds. The molecule has 0 aliphatic carbocycles. The van der Waals surface area contributed by atoms with E-state index in [1.807, 2.05) is 0 Å². The van der Waals surface area contributed by atoms with Gasteiger partial charge in [0.15, 0.2) is 23.3 Å². The quantitative estimate of drug-likeness (QED) is 0.600. The van der Waals surface area contributed by atoms with Crippen molar-refractivity contribution >= 4 is 34.8 Å². The van der Waals surface area contributed by atoms with Gasteiger partial charge in [-0.05, 0) is 24.3 Å². The number of halogens is 4. The van der Waals surface area contributed by atoms with Gasteiger partial charge in [0, 0.05) is 30.2 Å². The summed E-state index contributed by atoms with van der Waals surface area (Å²) in [5.41, 5.74) is 3.92. The van der Waals surface area contributed by atoms with Gasteiger partial charge in [0.25, 0.3) is 5.91 Å². The molecule has 150 valence electrons. The summed E-state index contributed by atoms with van der Waals surface area (Å²) in [5, 5.41) is 6.13. The van der Waals surface area contributed by atoms with E-state index in [4.69, 9.17) is 5.73 Å². The molecule has 3 rings (SSSR count). The Labute approximate surface area is 160 Å². The number of hydrazone groups is 1. The predicted molar refractivity (Wildman–Crippen MR) is 94.0 cm³/mol. The molecular formula is C18H12F4N4O3. The third-order valence-corrected chi connectivity index (χ3v) is 4.02. The van der Waals surface area contributed by atoms with Gasteiger partial charge in [-0.25, -0.2) is 17.6 Å². The summed E-state index contributed by atoms with van der Waals surface area (Å²) in [7, 11) is 0. The van der Waals surface area contributed by atoms with E-state index in [9.17, 15) is 31.9 Å². The lowest BCUT2D eigenvalue weighted by molar-refractivity contribution is -0.118. The number of carbonyl (C=O) groups excluding carboxylic acids is 3. The van der Waals surface area contributed by atoms with Crippen LogP contribution in [-0.4, -0.2) is 23.4 Å². The zero-order chi connectivity index (χ0) is 21.3. The number of nitrogens with two attached hydrogens (primary N) is 1. The normalized spacial score (nSPS) is 13.9. The molecule has 3 N–H and O–H groups in total. The average molecular weight is 408 g/mol. The zero-order valence-electron chi connectivity index (χ0n) is 14.5. The molecule has 2 aromatic carbocycles. The highest BCUT2D eigenvalue weighted by molar-refractivity contribution is 6.44. The highest BCUT2D eigenvalue weighted by atomic mass is 19.2. The van der Waals surface area contributed by atoms with Crippen molar-refractivity contribution in [3.8, 4) is 0 Å². The first-order valence-electron chi connectivity index (χ1n) is 8.13. The molecule has 0 saturated carbocycles. The Morgan fingerprint density at radius 1 is 1.00 bits per heavy atom. The molecule has 0 radical (unpaired) electrons. The minimum atomic E-state index is -1.82. The Hall–Kier alpha value is -3.76. The monoisotopic (exact) mass is 408 g/mol. The number of hydrogen-bond acceptors (Lipinski definition) is 4. The largest absolute Gasteiger partial charge is 0.366 e. The van der Waals surface area contributed by atoms with Gasteiger partial charge in [-0.15, -0.1) is 0 Å². The summed E-state index contributed by atoms with van der Waals surface area (Å²) in [4.78, 5) is 35.4. The fourth-order valence-corrected chi connectivity index (χ4v) is 2.56. The van der Waals surface area contributed by atoms with Crippen LogP contribution in [0, 0.1) is 23.3 Å². The van der Waals surface area contributed by atoms with Crippen LogP contribution in [0.1, 0.15) is 23.2 Å². The van der Waals surface area contributed by atoms with Gasteiger partial charge in [-0.3, -0.25) is 14.4 Å². The topological polar surface area (TPSA) is 105 Å². The third kappa shape index (κ3) is 3.93. The van der Waals surface area contributed by atoms with Gasteiger partial charge in [0.05, 0.1) is 0 Å². The molecule has 0 bridgehead atoms. The average Bonchev–Trinajstić information content (AvgIpc) is 2.68. The molecule has 1 aliphatic rings. The van der Waals surface area contributed by atoms with Crippen molar-refractivity contribution in [3.05, 3.63) is 59.2 Å². The molecule has 0 unspecified atom stereocenters. The minimum absolute atomic E-state index is 0.00430. The molecule has 0 spiro atoms. The Kier molecular flexibility index (Phi) is 5.31. The van der Waals surface area contributed by atoms with Crippen LogP contribution >= 0.6 is 0 Å². The Bertz CT molecular complexity index is 1030. The molecule has 0 saturated heterocycles. The molecule has 0 aromatic heterocycles. The van der Waals surface area contributed by atoms with Gasteiger partial charge in [0.1, 0.15) is 11.4 Å². The zero-order valence-corrected chi connectivity index (χ0v) is 14.5. The molecule has 1 aliphatic heterocycles. The summed E-state index contributed by atoms with van der Waals surface area (Å²) >= 11 is 0. The maximum absolute atomic E-state index is 14.0. The molecular weight excluding hydrogens is 396 g/mol. The smallest absolute Gasteiger partial charge is 0.271 e. The van der Waals surface area contributed by atoms with E-state index in [-0.39, 0.29) is 40.9 Å². The van der Waals surface area contributed by atoms with Gasteiger partial charge in [-0.2, -0.15) is 10.1 Å². The van der Waals surface area contributed by atoms with Crippen molar-refractivity contribution in [3.63, 3.8) is 0 Å². The first-order chi connectivity index (χ1) is 13.7. The van der Waals surface area contributed by atoms with Crippen molar-refractivity contribution < 1.29 is 31.9 Å². The summed E-state index contributed by atoms with van der Waals surface area (Å²) in [6, 6.07) is 5.47. The number of benzene rings is 2. The molecule has 0 atom stereocenters. The van der Waals surface area contributed by atoms with E-state index < -0.39 is 46.7 Å². The molecule has 11 heteroatoms. The lowest BCUT2D eigenvalue weighted by atomic mass is 10.1. The van der Waals surface area contributed by atoms with Crippen molar-refractivity contribution in [1.82, 2.24) is 0 Å². The van der Waals surface area contributed by atoms with Crippen molar-refractivity contribution in [2.45, 2.75) is 12.8 Å². The number of nitrogens with zero attached hydrogens (tertiary/aromatic N) is 2. The van der Waals surface area contributed by atoms with Crippen LogP contribution in [0.4, 0.5) is 28.9 Å². The van der Waals surface area contributed by atoms with Crippen LogP contribution in [-0.2, 0) is 9.59 Å². The fraction of sp³-hybridized carbons (Fsp3) is 0.111. The van der Waals surface area contributed by atoms with E-state index in [0.717, 1.165) is 0 Å². The first kappa shape index (κ1) is 20.0. The second-order valence-corrected chi connectivity index (χ2v) is 5.96. The lowest BCUT2D eigenvalue weighted by Gasteiger charge is -2.24. The standard InChI is InChI=1S/C18H12F4N4O3/c19-10-7-11(20)15(22)16(14(10)21)26-13(27)6-5-12(25-26)18(29)24-9-3-1-8(2-4-9)17(23)28/h1-4,7H,5-6H2,(H2,23,28)(H,24,29). The van der Waals surface area contributed by atoms with Crippen molar-refractivity contribution in [1.29, 1.82) is 0 Å². The van der Waals surface area contributed by atoms with Gasteiger partial charge in [-0.1, -0.05) is 0 Å². The van der Waals surface area contributed by atoms with E-state index in [0.29, 0.717) is 0 Å². The number of primary amides is 1. The maximum Gasteiger partial charge on any atom is 0.271 e. The highest BCUT2D eigenvalue weighted by Gasteiger charge is 2.32. The van der Waals surface area contributed by atoms with Crippen LogP contribution in [0.2, 0.25) is 0 Å². The van der Waals surface area contributed by atoms with Crippen LogP contribution in [0.25, 0.3) is 0 Å². The SMILES string of the molecule is NC(=O)c1ccc(NC(=O)C2=NN(c3c(F)c(F)cc(F)c3F)C(=O)CC2)cc1. The predicted octanol–water partition coefficient (Wildman–Crippen LogP) is 2.46. The van der Waals surface area contributed by atoms with Crippen LogP contribution in [0.5, 0.6) is 0 Å². The Balaban J connectivity index is 1.90. The van der Waals surface area contributed by atoms with E-state index in [1.54, 1.807) is 0 Å². The summed E-state index contributed by atoms with van der Waals surface area (Å²) in [5.74, 6) is -9.49. The Morgan fingerprint density at radius 2 is 1.59 bits per heavy atom. The number of hydrogen-bond donors (Lipinski definition) is 2. The van der Waals surface area contributed by atoms with Gasteiger partial charge in [0.2, 0.25) is 11.8 Å². The van der Waals surface area contributed by atoms with Crippen molar-refractivity contribution in [2.24, 2.45) is 10.8 Å². The second kappa shape index (κ2) is 7.70. The molecule has 7 nitrogen and oxygen atoms in total. The molecule has 0 fully saturated rings. The lowest BCUT2D eigenvalue weighted by Crippen LogP contribution is -2.37. The van der Waals surface area contributed by atoms with E-state index in [2.05, 4.69) is 10.4 Å². The number of rotatable bonds is 4. The maximum atomic E-state index is 14.0. The van der Waals surface area contributed by atoms with Gasteiger partial charge < -0.3 is 11.1 Å². The molecule has 1 heterocycles. The fourth-order valence-electron chi connectivity index (χ4n) is 2.56. The number of carbonyl (C=O) groups is 3. The first-order valence-corrected chi connectivity index (χ1v) is 8.13. The van der Waals surface area contributed by atoms with Crippen LogP contribution in [0.15, 0.2) is 35.4 Å². The number of anilines is 2. The van der Waals surface area contributed by atoms with Crippen LogP contribution in [0.3, 0.4) is 0 Å². The van der Waals surface area contributed by atoms with E-state index in [1.165, 1.54) is 24.3 Å². The summed E-state index contributed by atoms with van der Waals surface area (Å²) in [6.45, 7) is 0. The second-order valence-electron chi connectivity index (χ2n) is 5.96. The number of amides is 3. The molecule has 2 aromatic rings. The minimum Gasteiger partial charge on any atom is -0.366 e. The molecule has 29 heavy (non-hydrogen) atoms. The van der Waals surface area contributed by atoms with Gasteiger partial charge >= 0.3 is 0 Å².